The zero-order valence-electron chi connectivity index (χ0n) is 13.7. The summed E-state index contributed by atoms with van der Waals surface area (Å²) in [4.78, 5) is 18.6. The van der Waals surface area contributed by atoms with E-state index in [9.17, 15) is 4.79 Å². The number of carbonyl (C=O) groups excluding carboxylic acids is 1. The summed E-state index contributed by atoms with van der Waals surface area (Å²) in [5.41, 5.74) is 1.75. The van der Waals surface area contributed by atoms with Crippen molar-refractivity contribution < 1.29 is 9.32 Å². The highest BCUT2D eigenvalue weighted by Gasteiger charge is 2.34. The van der Waals surface area contributed by atoms with Crippen molar-refractivity contribution >= 4 is 29.1 Å². The highest BCUT2D eigenvalue weighted by Crippen LogP contribution is 2.30. The molecule has 2 heterocycles. The van der Waals surface area contributed by atoms with Gasteiger partial charge < -0.3 is 9.42 Å². The Hall–Kier alpha value is -2.37. The summed E-state index contributed by atoms with van der Waals surface area (Å²) in [6, 6.07) is 14.8. The molecule has 1 aromatic heterocycles. The minimum Gasteiger partial charge on any atom is -0.339 e. The van der Waals surface area contributed by atoms with E-state index in [1.807, 2.05) is 36.4 Å². The van der Waals surface area contributed by atoms with E-state index < -0.39 is 0 Å². The molecular formula is C19H15Cl2N3O2. The van der Waals surface area contributed by atoms with Gasteiger partial charge in [-0.2, -0.15) is 4.98 Å². The average molecular weight is 388 g/mol. The normalized spacial score (nSPS) is 17.1. The number of aromatic nitrogens is 2. The lowest BCUT2D eigenvalue weighted by atomic mass is 10.1. The first-order valence-corrected chi connectivity index (χ1v) is 8.96. The highest BCUT2D eigenvalue weighted by molar-refractivity contribution is 6.31. The van der Waals surface area contributed by atoms with E-state index in [2.05, 4.69) is 10.1 Å². The van der Waals surface area contributed by atoms with Gasteiger partial charge in [-0.1, -0.05) is 46.6 Å². The Bertz CT molecular complexity index is 940. The molecule has 2 aromatic carbocycles. The van der Waals surface area contributed by atoms with Crippen molar-refractivity contribution in [3.05, 3.63) is 70.0 Å². The summed E-state index contributed by atoms with van der Waals surface area (Å²) >= 11 is 12.1. The molecule has 1 aliphatic heterocycles. The molecule has 1 unspecified atom stereocenters. The minimum absolute atomic E-state index is 0.0566. The van der Waals surface area contributed by atoms with Crippen LogP contribution in [0.15, 0.2) is 53.1 Å². The monoisotopic (exact) mass is 387 g/mol. The van der Waals surface area contributed by atoms with E-state index in [1.165, 1.54) is 0 Å². The fourth-order valence-corrected chi connectivity index (χ4v) is 3.36. The second-order valence-electron chi connectivity index (χ2n) is 6.23. The lowest BCUT2D eigenvalue weighted by molar-refractivity contribution is -0.128. The van der Waals surface area contributed by atoms with Crippen LogP contribution in [-0.2, 0) is 11.3 Å². The zero-order valence-corrected chi connectivity index (χ0v) is 15.2. The molecule has 7 heteroatoms. The Morgan fingerprint density at radius 3 is 2.65 bits per heavy atom. The van der Waals surface area contributed by atoms with Gasteiger partial charge in [0.15, 0.2) is 0 Å². The van der Waals surface area contributed by atoms with Gasteiger partial charge in [-0.15, -0.1) is 0 Å². The number of hydrogen-bond acceptors (Lipinski definition) is 4. The molecule has 26 heavy (non-hydrogen) atoms. The van der Waals surface area contributed by atoms with Gasteiger partial charge in [0.2, 0.25) is 17.6 Å². The van der Waals surface area contributed by atoms with E-state index in [0.717, 1.165) is 11.1 Å². The van der Waals surface area contributed by atoms with Crippen LogP contribution < -0.4 is 0 Å². The largest absolute Gasteiger partial charge is 0.339 e. The third-order valence-electron chi connectivity index (χ3n) is 4.43. The second kappa shape index (κ2) is 7.09. The van der Waals surface area contributed by atoms with Gasteiger partial charge in [-0.05, 0) is 35.9 Å². The van der Waals surface area contributed by atoms with Crippen molar-refractivity contribution in [2.45, 2.75) is 18.9 Å². The fourth-order valence-electron chi connectivity index (χ4n) is 3.04. The van der Waals surface area contributed by atoms with Crippen LogP contribution in [0.3, 0.4) is 0 Å². The van der Waals surface area contributed by atoms with Gasteiger partial charge in [0.05, 0.1) is 5.92 Å². The number of benzene rings is 2. The van der Waals surface area contributed by atoms with Crippen LogP contribution >= 0.6 is 23.2 Å². The van der Waals surface area contributed by atoms with E-state index in [4.69, 9.17) is 27.7 Å². The molecule has 0 aliphatic carbocycles. The van der Waals surface area contributed by atoms with Crippen LogP contribution in [0.4, 0.5) is 0 Å². The molecule has 1 fully saturated rings. The third-order valence-corrected chi connectivity index (χ3v) is 5.05. The van der Waals surface area contributed by atoms with E-state index >= 15 is 0 Å². The molecule has 132 valence electrons. The molecule has 0 bridgehead atoms. The highest BCUT2D eigenvalue weighted by atomic mass is 35.5. The van der Waals surface area contributed by atoms with Crippen molar-refractivity contribution in [2.24, 2.45) is 0 Å². The Morgan fingerprint density at radius 2 is 1.88 bits per heavy atom. The number of nitrogens with zero attached hydrogens (tertiary/aromatic N) is 3. The first-order valence-electron chi connectivity index (χ1n) is 8.21. The zero-order chi connectivity index (χ0) is 18.1. The van der Waals surface area contributed by atoms with E-state index in [1.54, 1.807) is 17.0 Å². The van der Waals surface area contributed by atoms with E-state index in [-0.39, 0.29) is 11.8 Å². The molecule has 3 aromatic rings. The minimum atomic E-state index is -0.112. The molecule has 1 saturated heterocycles. The lowest BCUT2D eigenvalue weighted by Gasteiger charge is -2.16. The molecule has 0 radical (unpaired) electrons. The molecule has 1 amide bonds. The summed E-state index contributed by atoms with van der Waals surface area (Å²) in [6.07, 6.45) is 0.354. The predicted octanol–water partition coefficient (Wildman–Crippen LogP) is 4.56. The number of halogens is 2. The van der Waals surface area contributed by atoms with Crippen LogP contribution in [-0.4, -0.2) is 27.5 Å². The average Bonchev–Trinajstić information content (AvgIpc) is 3.25. The van der Waals surface area contributed by atoms with E-state index in [0.29, 0.717) is 41.3 Å². The van der Waals surface area contributed by atoms with Gasteiger partial charge in [-0.3, -0.25) is 4.79 Å². The summed E-state index contributed by atoms with van der Waals surface area (Å²) in [5, 5.41) is 5.33. The van der Waals surface area contributed by atoms with Crippen molar-refractivity contribution in [1.29, 1.82) is 0 Å². The van der Waals surface area contributed by atoms with Crippen molar-refractivity contribution in [1.82, 2.24) is 15.0 Å². The third kappa shape index (κ3) is 3.45. The summed E-state index contributed by atoms with van der Waals surface area (Å²) in [6.45, 7) is 1.01. The topological polar surface area (TPSA) is 59.2 Å². The van der Waals surface area contributed by atoms with Gasteiger partial charge in [0.1, 0.15) is 0 Å². The van der Waals surface area contributed by atoms with Crippen LogP contribution in [0.25, 0.3) is 11.4 Å². The molecule has 5 nitrogen and oxygen atoms in total. The molecular weight excluding hydrogens is 373 g/mol. The number of likely N-dealkylation sites (tertiary alicyclic amines) is 1. The smallest absolute Gasteiger partial charge is 0.232 e. The molecule has 0 N–H and O–H groups in total. The van der Waals surface area contributed by atoms with Gasteiger partial charge in [0, 0.05) is 35.1 Å². The van der Waals surface area contributed by atoms with Crippen LogP contribution in [0.1, 0.15) is 23.8 Å². The molecule has 1 aliphatic rings. The maximum absolute atomic E-state index is 12.4. The Morgan fingerprint density at radius 1 is 1.12 bits per heavy atom. The van der Waals surface area contributed by atoms with Gasteiger partial charge in [0.25, 0.3) is 0 Å². The number of carbonyl (C=O) groups is 1. The summed E-state index contributed by atoms with van der Waals surface area (Å²) in [5.74, 6) is 0.915. The van der Waals surface area contributed by atoms with Gasteiger partial charge in [-0.25, -0.2) is 0 Å². The number of rotatable bonds is 4. The predicted molar refractivity (Wildman–Crippen MR) is 99.0 cm³/mol. The van der Waals surface area contributed by atoms with Gasteiger partial charge >= 0.3 is 0 Å². The fraction of sp³-hybridized carbons (Fsp3) is 0.211. The van der Waals surface area contributed by atoms with Crippen molar-refractivity contribution in [3.63, 3.8) is 0 Å². The molecule has 0 spiro atoms. The molecule has 0 saturated carbocycles. The Balaban J connectivity index is 1.49. The number of amides is 1. The first kappa shape index (κ1) is 17.1. The molecule has 1 atom stereocenters. The van der Waals surface area contributed by atoms with Crippen LogP contribution in [0.5, 0.6) is 0 Å². The van der Waals surface area contributed by atoms with Crippen LogP contribution in [0.2, 0.25) is 10.0 Å². The first-order chi connectivity index (χ1) is 12.6. The standard InChI is InChI=1S/C19H15Cl2N3O2/c20-15-7-5-12(6-8-15)18-22-19(26-23-18)14-9-17(25)24(11-14)10-13-3-1-2-4-16(13)21/h1-8,14H,9-11H2. The summed E-state index contributed by atoms with van der Waals surface area (Å²) < 4.78 is 5.40. The second-order valence-corrected chi connectivity index (χ2v) is 7.07. The Labute approximate surface area is 160 Å². The Kier molecular flexibility index (Phi) is 4.66. The van der Waals surface area contributed by atoms with Crippen LogP contribution in [0, 0.1) is 0 Å². The SMILES string of the molecule is O=C1CC(c2nc(-c3ccc(Cl)cc3)no2)CN1Cc1ccccc1Cl. The lowest BCUT2D eigenvalue weighted by Crippen LogP contribution is -2.24. The maximum atomic E-state index is 12.4. The quantitative estimate of drug-likeness (QED) is 0.658. The van der Waals surface area contributed by atoms with Crippen molar-refractivity contribution in [3.8, 4) is 11.4 Å². The summed E-state index contributed by atoms with van der Waals surface area (Å²) in [7, 11) is 0. The molecule has 4 rings (SSSR count). The van der Waals surface area contributed by atoms with Crippen molar-refractivity contribution in [2.75, 3.05) is 6.54 Å². The number of hydrogen-bond donors (Lipinski definition) is 0. The maximum Gasteiger partial charge on any atom is 0.232 e.